The number of nitrogens with zero attached hydrogens (tertiary/aromatic N) is 1. The van der Waals surface area contributed by atoms with Gasteiger partial charge in [0.05, 0.1) is 16.1 Å². The lowest BCUT2D eigenvalue weighted by Gasteiger charge is -2.30. The smallest absolute Gasteiger partial charge is 0.0640 e. The van der Waals surface area contributed by atoms with Crippen LogP contribution in [0.2, 0.25) is 0 Å². The summed E-state index contributed by atoms with van der Waals surface area (Å²) in [6.45, 7) is 0. The molecule has 0 aliphatic carbocycles. The molecule has 0 spiro atoms. The molecule has 1 aromatic heterocycles. The molecule has 0 saturated heterocycles. The van der Waals surface area contributed by atoms with Gasteiger partial charge in [-0.15, -0.1) is 11.3 Å². The van der Waals surface area contributed by atoms with Gasteiger partial charge in [0.2, 0.25) is 0 Å². The summed E-state index contributed by atoms with van der Waals surface area (Å²) < 4.78 is 2.58. The van der Waals surface area contributed by atoms with Crippen molar-refractivity contribution in [3.63, 3.8) is 0 Å². The zero-order valence-electron chi connectivity index (χ0n) is 31.0. The molecule has 10 rings (SSSR count). The third-order valence-corrected chi connectivity index (χ3v) is 12.2. The first-order valence-electron chi connectivity index (χ1n) is 19.4. The average Bonchev–Trinajstić information content (AvgIpc) is 3.65. The van der Waals surface area contributed by atoms with Gasteiger partial charge in [-0.3, -0.25) is 0 Å². The second-order valence-corrected chi connectivity index (χ2v) is 15.5. The highest BCUT2D eigenvalue weighted by Crippen LogP contribution is 2.49. The summed E-state index contributed by atoms with van der Waals surface area (Å²) in [7, 11) is 0. The number of hydrogen-bond acceptors (Lipinski definition) is 2. The van der Waals surface area contributed by atoms with Gasteiger partial charge in [-0.25, -0.2) is 0 Å². The molecule has 0 aliphatic heterocycles. The Hall–Kier alpha value is -6.74. The van der Waals surface area contributed by atoms with Gasteiger partial charge in [0, 0.05) is 26.7 Å². The molecule has 0 N–H and O–H groups in total. The molecular weight excluding hydrogens is 695 g/mol. The van der Waals surface area contributed by atoms with Crippen LogP contribution in [0.15, 0.2) is 212 Å². The van der Waals surface area contributed by atoms with Gasteiger partial charge in [-0.2, -0.15) is 0 Å². The topological polar surface area (TPSA) is 3.24 Å². The summed E-state index contributed by atoms with van der Waals surface area (Å²) in [4.78, 5) is 2.54. The van der Waals surface area contributed by atoms with Crippen molar-refractivity contribution in [2.24, 2.45) is 0 Å². The van der Waals surface area contributed by atoms with Crippen molar-refractivity contribution in [3.05, 3.63) is 235 Å². The number of anilines is 3. The molecule has 0 fully saturated rings. The highest BCUT2D eigenvalue weighted by Gasteiger charge is 2.24. The van der Waals surface area contributed by atoms with E-state index < -0.39 is 0 Å². The first-order chi connectivity index (χ1) is 27.8. The monoisotopic (exact) mass is 733 g/mol. The Kier molecular flexibility index (Phi) is 8.95. The van der Waals surface area contributed by atoms with Crippen molar-refractivity contribution < 1.29 is 0 Å². The molecule has 0 bridgehead atoms. The van der Waals surface area contributed by atoms with E-state index in [0.29, 0.717) is 0 Å². The minimum absolute atomic E-state index is 0.820. The van der Waals surface area contributed by atoms with Crippen molar-refractivity contribution in [1.29, 1.82) is 0 Å². The van der Waals surface area contributed by atoms with E-state index in [4.69, 9.17) is 0 Å². The molecule has 56 heavy (non-hydrogen) atoms. The van der Waals surface area contributed by atoms with Crippen LogP contribution < -0.4 is 4.90 Å². The molecule has 0 aliphatic rings. The van der Waals surface area contributed by atoms with Gasteiger partial charge in [-0.05, 0) is 92.9 Å². The first-order valence-corrected chi connectivity index (χ1v) is 20.2. The van der Waals surface area contributed by atoms with E-state index in [1.54, 1.807) is 0 Å². The lowest BCUT2D eigenvalue weighted by Crippen LogP contribution is -2.13. The molecule has 0 amide bonds. The summed E-state index contributed by atoms with van der Waals surface area (Å²) >= 11 is 1.88. The largest absolute Gasteiger partial charge is 0.308 e. The maximum absolute atomic E-state index is 2.54. The normalized spacial score (nSPS) is 11.4. The lowest BCUT2D eigenvalue weighted by atomic mass is 9.88. The Morgan fingerprint density at radius 2 is 0.964 bits per heavy atom. The fraction of sp³-hybridized carbons (Fsp3) is 0.0370. The van der Waals surface area contributed by atoms with Crippen LogP contribution in [0.5, 0.6) is 0 Å². The van der Waals surface area contributed by atoms with Crippen LogP contribution in [0.3, 0.4) is 0 Å². The minimum Gasteiger partial charge on any atom is -0.308 e. The Bertz CT molecular complexity index is 2970. The Balaban J connectivity index is 1.26. The molecule has 0 radical (unpaired) electrons. The van der Waals surface area contributed by atoms with E-state index >= 15 is 0 Å². The number of rotatable bonds is 9. The van der Waals surface area contributed by atoms with Gasteiger partial charge in [0.15, 0.2) is 0 Å². The van der Waals surface area contributed by atoms with Gasteiger partial charge in [0.1, 0.15) is 0 Å². The van der Waals surface area contributed by atoms with Crippen LogP contribution in [-0.2, 0) is 12.8 Å². The maximum Gasteiger partial charge on any atom is 0.0640 e. The van der Waals surface area contributed by atoms with E-state index in [1.807, 2.05) is 11.3 Å². The summed E-state index contributed by atoms with van der Waals surface area (Å²) in [6, 6.07) is 77.8. The molecule has 2 heteroatoms. The van der Waals surface area contributed by atoms with E-state index in [0.717, 1.165) is 18.5 Å². The van der Waals surface area contributed by atoms with Crippen LogP contribution in [0.4, 0.5) is 17.1 Å². The highest BCUT2D eigenvalue weighted by atomic mass is 32.1. The van der Waals surface area contributed by atoms with Gasteiger partial charge in [-0.1, -0.05) is 182 Å². The number of benzene rings is 9. The Labute approximate surface area is 332 Å². The quantitative estimate of drug-likeness (QED) is 0.143. The zero-order valence-corrected chi connectivity index (χ0v) is 31.8. The fourth-order valence-corrected chi connectivity index (χ4v) is 9.59. The van der Waals surface area contributed by atoms with Crippen LogP contribution in [0, 0.1) is 0 Å². The number of thiophene rings is 1. The molecule has 1 heterocycles. The zero-order chi connectivity index (χ0) is 37.3. The standard InChI is InChI=1S/C54H39NS/c1-3-17-38(18-4-1)35-41-22-8-10-28-47(41)53-43(36-39-19-5-2-6-20-39)25-15-32-50(53)55(51-33-16-31-49-48-29-11-12-34-52(48)56-54(49)51)44-26-13-24-42(37-44)46-30-14-23-40-21-7-9-27-45(40)46/h1-34,37H,35-36H2. The van der Waals surface area contributed by atoms with Crippen LogP contribution in [-0.4, -0.2) is 0 Å². The molecule has 266 valence electrons. The summed E-state index contributed by atoms with van der Waals surface area (Å²) in [5.74, 6) is 0. The Morgan fingerprint density at radius 1 is 0.393 bits per heavy atom. The van der Waals surface area contributed by atoms with Crippen LogP contribution >= 0.6 is 11.3 Å². The third kappa shape index (κ3) is 6.34. The van der Waals surface area contributed by atoms with E-state index in [-0.39, 0.29) is 0 Å². The van der Waals surface area contributed by atoms with E-state index in [1.165, 1.54) is 86.8 Å². The molecule has 0 unspecified atom stereocenters. The summed E-state index contributed by atoms with van der Waals surface area (Å²) in [5, 5.41) is 5.08. The minimum atomic E-state index is 0.820. The van der Waals surface area contributed by atoms with Gasteiger partial charge < -0.3 is 4.90 Å². The second kappa shape index (κ2) is 14.8. The summed E-state index contributed by atoms with van der Waals surface area (Å²) in [5.41, 5.74) is 13.6. The van der Waals surface area contributed by atoms with Gasteiger partial charge >= 0.3 is 0 Å². The predicted octanol–water partition coefficient (Wildman–Crippen LogP) is 15.2. The highest BCUT2D eigenvalue weighted by molar-refractivity contribution is 7.26. The molecule has 0 saturated carbocycles. The second-order valence-electron chi connectivity index (χ2n) is 14.5. The fourth-order valence-electron chi connectivity index (χ4n) is 8.39. The van der Waals surface area contributed by atoms with Crippen LogP contribution in [0.25, 0.3) is 53.2 Å². The van der Waals surface area contributed by atoms with E-state index in [9.17, 15) is 0 Å². The number of hydrogen-bond donors (Lipinski definition) is 0. The van der Waals surface area contributed by atoms with Crippen molar-refractivity contribution in [1.82, 2.24) is 0 Å². The molecule has 0 atom stereocenters. The predicted molar refractivity (Wildman–Crippen MR) is 241 cm³/mol. The first kappa shape index (κ1) is 33.8. The van der Waals surface area contributed by atoms with Crippen molar-refractivity contribution in [2.45, 2.75) is 12.8 Å². The van der Waals surface area contributed by atoms with Crippen molar-refractivity contribution in [3.8, 4) is 22.3 Å². The Morgan fingerprint density at radius 3 is 1.80 bits per heavy atom. The molecular formula is C54H39NS. The summed E-state index contributed by atoms with van der Waals surface area (Å²) in [6.07, 6.45) is 1.67. The lowest BCUT2D eigenvalue weighted by molar-refractivity contribution is 1.16. The molecule has 10 aromatic rings. The third-order valence-electron chi connectivity index (χ3n) is 11.0. The SMILES string of the molecule is c1ccc(Cc2ccccc2-c2c(Cc3ccccc3)cccc2N(c2cccc(-c3cccc4ccccc34)c2)c2cccc3c2sc2ccccc23)cc1. The van der Waals surface area contributed by atoms with Crippen molar-refractivity contribution >= 4 is 59.3 Å². The maximum atomic E-state index is 2.54. The van der Waals surface area contributed by atoms with Crippen LogP contribution in [0.1, 0.15) is 22.3 Å². The van der Waals surface area contributed by atoms with Gasteiger partial charge in [0.25, 0.3) is 0 Å². The number of fused-ring (bicyclic) bond motifs is 4. The van der Waals surface area contributed by atoms with Crippen molar-refractivity contribution in [2.75, 3.05) is 4.90 Å². The molecule has 1 nitrogen and oxygen atoms in total. The van der Waals surface area contributed by atoms with E-state index in [2.05, 4.69) is 217 Å². The average molecular weight is 734 g/mol. The molecule has 9 aromatic carbocycles.